The maximum atomic E-state index is 5.29. The van der Waals surface area contributed by atoms with Gasteiger partial charge in [0.15, 0.2) is 0 Å². The summed E-state index contributed by atoms with van der Waals surface area (Å²) in [4.78, 5) is 0. The van der Waals surface area contributed by atoms with Gasteiger partial charge < -0.3 is 10.1 Å². The number of hydrogen-bond donors (Lipinski definition) is 1. The Balaban J connectivity index is 2.77. The fourth-order valence-electron chi connectivity index (χ4n) is 1.66. The lowest BCUT2D eigenvalue weighted by Gasteiger charge is -2.12. The molecule has 1 rings (SSSR count). The van der Waals surface area contributed by atoms with Crippen molar-refractivity contribution in [1.82, 2.24) is 5.32 Å². The first kappa shape index (κ1) is 12.1. The topological polar surface area (TPSA) is 21.3 Å². The van der Waals surface area contributed by atoms with Crippen LogP contribution in [0, 0.1) is 13.8 Å². The molecule has 15 heavy (non-hydrogen) atoms. The molecule has 1 aromatic carbocycles. The number of benzene rings is 1. The van der Waals surface area contributed by atoms with Crippen LogP contribution in [0.2, 0.25) is 0 Å². The molecule has 0 aliphatic rings. The Kier molecular flexibility index (Phi) is 4.63. The molecule has 0 bridgehead atoms. The predicted octanol–water partition coefficient (Wildman–Crippen LogP) is 2.81. The van der Waals surface area contributed by atoms with Gasteiger partial charge in [-0.05, 0) is 49.6 Å². The van der Waals surface area contributed by atoms with Crippen molar-refractivity contribution in [3.8, 4) is 5.75 Å². The number of nitrogens with one attached hydrogen (secondary N) is 1. The molecular formula is C13H21NO. The third-order valence-electron chi connectivity index (χ3n) is 2.81. The molecule has 0 spiro atoms. The summed E-state index contributed by atoms with van der Waals surface area (Å²) in [5.74, 6) is 0.978. The fraction of sp³-hybridized carbons (Fsp3) is 0.538. The summed E-state index contributed by atoms with van der Waals surface area (Å²) in [5, 5.41) is 3.42. The lowest BCUT2D eigenvalue weighted by atomic mass is 10.0. The molecule has 0 aromatic heterocycles. The lowest BCUT2D eigenvalue weighted by Crippen LogP contribution is -2.15. The molecule has 2 nitrogen and oxygen atoms in total. The molecule has 0 fully saturated rings. The minimum absolute atomic E-state index is 0.949. The molecule has 1 aromatic rings. The lowest BCUT2D eigenvalue weighted by molar-refractivity contribution is 0.411. The van der Waals surface area contributed by atoms with Gasteiger partial charge >= 0.3 is 0 Å². The summed E-state index contributed by atoms with van der Waals surface area (Å²) < 4.78 is 5.29. The van der Waals surface area contributed by atoms with E-state index >= 15 is 0 Å². The van der Waals surface area contributed by atoms with Crippen molar-refractivity contribution < 1.29 is 4.74 Å². The van der Waals surface area contributed by atoms with Crippen LogP contribution in [0.1, 0.15) is 30.0 Å². The Hall–Kier alpha value is -1.02. The van der Waals surface area contributed by atoms with Crippen LogP contribution in [-0.2, 0) is 6.54 Å². The minimum Gasteiger partial charge on any atom is -0.496 e. The van der Waals surface area contributed by atoms with Gasteiger partial charge in [-0.1, -0.05) is 13.0 Å². The Morgan fingerprint density at radius 2 is 1.93 bits per heavy atom. The van der Waals surface area contributed by atoms with Gasteiger partial charge in [-0.25, -0.2) is 0 Å². The van der Waals surface area contributed by atoms with E-state index in [9.17, 15) is 0 Å². The second kappa shape index (κ2) is 5.76. The second-order valence-electron chi connectivity index (χ2n) is 3.85. The first-order chi connectivity index (χ1) is 7.20. The van der Waals surface area contributed by atoms with Crippen LogP contribution in [0.25, 0.3) is 0 Å². The molecule has 0 heterocycles. The molecule has 0 unspecified atom stereocenters. The molecule has 84 valence electrons. The van der Waals surface area contributed by atoms with Crippen LogP contribution < -0.4 is 10.1 Å². The van der Waals surface area contributed by atoms with E-state index < -0.39 is 0 Å². The fourth-order valence-corrected chi connectivity index (χ4v) is 1.66. The molecule has 0 saturated heterocycles. The monoisotopic (exact) mass is 207 g/mol. The van der Waals surface area contributed by atoms with Crippen molar-refractivity contribution in [3.05, 3.63) is 28.8 Å². The Morgan fingerprint density at radius 1 is 1.20 bits per heavy atom. The molecular weight excluding hydrogens is 186 g/mol. The van der Waals surface area contributed by atoms with Crippen molar-refractivity contribution >= 4 is 0 Å². The average Bonchev–Trinajstić information content (AvgIpc) is 2.25. The summed E-state index contributed by atoms with van der Waals surface area (Å²) in [6.07, 6.45) is 1.17. The molecule has 0 atom stereocenters. The molecule has 0 radical (unpaired) electrons. The van der Waals surface area contributed by atoms with Gasteiger partial charge in [-0.15, -0.1) is 0 Å². The van der Waals surface area contributed by atoms with E-state index in [0.29, 0.717) is 0 Å². The van der Waals surface area contributed by atoms with Gasteiger partial charge in [0.2, 0.25) is 0 Å². The van der Waals surface area contributed by atoms with Gasteiger partial charge in [0, 0.05) is 6.54 Å². The number of methoxy groups -OCH3 is 1. The largest absolute Gasteiger partial charge is 0.496 e. The van der Waals surface area contributed by atoms with E-state index in [1.54, 1.807) is 7.11 Å². The van der Waals surface area contributed by atoms with Gasteiger partial charge in [-0.2, -0.15) is 0 Å². The molecule has 0 aliphatic heterocycles. The van der Waals surface area contributed by atoms with Gasteiger partial charge in [0.25, 0.3) is 0 Å². The summed E-state index contributed by atoms with van der Waals surface area (Å²) in [6, 6.07) is 4.19. The van der Waals surface area contributed by atoms with Crippen molar-refractivity contribution in [2.24, 2.45) is 0 Å². The van der Waals surface area contributed by atoms with Crippen LogP contribution in [0.5, 0.6) is 5.75 Å². The van der Waals surface area contributed by atoms with E-state index in [1.165, 1.54) is 23.1 Å². The van der Waals surface area contributed by atoms with Crippen molar-refractivity contribution in [2.75, 3.05) is 13.7 Å². The van der Waals surface area contributed by atoms with Crippen LogP contribution >= 0.6 is 0 Å². The Morgan fingerprint density at radius 3 is 2.53 bits per heavy atom. The molecule has 0 aliphatic carbocycles. The zero-order valence-electron chi connectivity index (χ0n) is 10.2. The highest BCUT2D eigenvalue weighted by Gasteiger charge is 2.05. The van der Waals surface area contributed by atoms with Crippen LogP contribution in [0.4, 0.5) is 0 Å². The highest BCUT2D eigenvalue weighted by atomic mass is 16.5. The van der Waals surface area contributed by atoms with Crippen LogP contribution in [0.15, 0.2) is 12.1 Å². The van der Waals surface area contributed by atoms with Crippen LogP contribution in [0.3, 0.4) is 0 Å². The second-order valence-corrected chi connectivity index (χ2v) is 3.85. The maximum Gasteiger partial charge on any atom is 0.122 e. The SMILES string of the molecule is CCCNCc1ccc(OC)c(C)c1C. The first-order valence-electron chi connectivity index (χ1n) is 5.54. The van der Waals surface area contributed by atoms with E-state index in [0.717, 1.165) is 18.8 Å². The number of ether oxygens (including phenoxy) is 1. The summed E-state index contributed by atoms with van der Waals surface area (Å²) >= 11 is 0. The van der Waals surface area contributed by atoms with Crippen molar-refractivity contribution in [3.63, 3.8) is 0 Å². The van der Waals surface area contributed by atoms with Gasteiger partial charge in [-0.3, -0.25) is 0 Å². The maximum absolute atomic E-state index is 5.29. The highest BCUT2D eigenvalue weighted by Crippen LogP contribution is 2.23. The van der Waals surface area contributed by atoms with E-state index in [1.807, 2.05) is 6.07 Å². The summed E-state index contributed by atoms with van der Waals surface area (Å²) in [7, 11) is 1.72. The normalized spacial score (nSPS) is 10.4. The molecule has 2 heteroatoms. The van der Waals surface area contributed by atoms with Crippen molar-refractivity contribution in [2.45, 2.75) is 33.7 Å². The molecule has 0 saturated carbocycles. The Bertz CT molecular complexity index is 321. The summed E-state index contributed by atoms with van der Waals surface area (Å²) in [6.45, 7) is 8.46. The number of hydrogen-bond acceptors (Lipinski definition) is 2. The van der Waals surface area contributed by atoms with Crippen LogP contribution in [-0.4, -0.2) is 13.7 Å². The zero-order chi connectivity index (χ0) is 11.3. The third-order valence-corrected chi connectivity index (χ3v) is 2.81. The third kappa shape index (κ3) is 2.96. The highest BCUT2D eigenvalue weighted by molar-refractivity contribution is 5.43. The minimum atomic E-state index is 0.949. The molecule has 0 amide bonds. The quantitative estimate of drug-likeness (QED) is 0.750. The summed E-state index contributed by atoms with van der Waals surface area (Å²) in [5.41, 5.74) is 3.94. The number of rotatable bonds is 5. The smallest absolute Gasteiger partial charge is 0.122 e. The zero-order valence-corrected chi connectivity index (χ0v) is 10.2. The average molecular weight is 207 g/mol. The first-order valence-corrected chi connectivity index (χ1v) is 5.54. The van der Waals surface area contributed by atoms with E-state index in [-0.39, 0.29) is 0 Å². The standard InChI is InChI=1S/C13H21NO/c1-5-8-14-9-12-6-7-13(15-4)11(3)10(12)2/h6-7,14H,5,8-9H2,1-4H3. The van der Waals surface area contributed by atoms with Crippen molar-refractivity contribution in [1.29, 1.82) is 0 Å². The van der Waals surface area contributed by atoms with Gasteiger partial charge in [0.05, 0.1) is 7.11 Å². The van der Waals surface area contributed by atoms with E-state index in [2.05, 4.69) is 32.2 Å². The molecule has 1 N–H and O–H groups in total. The predicted molar refractivity (Wildman–Crippen MR) is 64.5 cm³/mol. The van der Waals surface area contributed by atoms with Gasteiger partial charge in [0.1, 0.15) is 5.75 Å². The van der Waals surface area contributed by atoms with E-state index in [4.69, 9.17) is 4.74 Å². The Labute approximate surface area is 92.6 Å².